The third-order valence-electron chi connectivity index (χ3n) is 6.15. The minimum atomic E-state index is -1.09. The molecule has 0 aliphatic carbocycles. The van der Waals surface area contributed by atoms with Crippen LogP contribution in [0.2, 0.25) is 0 Å². The van der Waals surface area contributed by atoms with Crippen LogP contribution < -0.4 is 5.32 Å². The number of fused-ring (bicyclic) bond motifs is 1. The van der Waals surface area contributed by atoms with Crippen LogP contribution in [-0.2, 0) is 42.8 Å². The molecule has 1 aromatic rings. The van der Waals surface area contributed by atoms with Gasteiger partial charge in [-0.2, -0.15) is 5.26 Å². The summed E-state index contributed by atoms with van der Waals surface area (Å²) in [5, 5.41) is 12.0. The van der Waals surface area contributed by atoms with Crippen molar-refractivity contribution in [1.82, 2.24) is 5.32 Å². The summed E-state index contributed by atoms with van der Waals surface area (Å²) in [5.41, 5.74) is 0.784. The van der Waals surface area contributed by atoms with E-state index < -0.39 is 55.0 Å². The molecule has 2 saturated heterocycles. The summed E-state index contributed by atoms with van der Waals surface area (Å²) in [5.74, 6) is -1.37. The van der Waals surface area contributed by atoms with Gasteiger partial charge >= 0.3 is 11.9 Å². The summed E-state index contributed by atoms with van der Waals surface area (Å²) < 4.78 is 35.1. The second-order valence-electron chi connectivity index (χ2n) is 9.27. The summed E-state index contributed by atoms with van der Waals surface area (Å²) in [6.07, 6.45) is -2.32. The van der Waals surface area contributed by atoms with E-state index in [0.717, 1.165) is 18.4 Å². The minimum absolute atomic E-state index is 0.0925. The van der Waals surface area contributed by atoms with Crippen LogP contribution >= 0.6 is 0 Å². The lowest BCUT2D eigenvalue weighted by Gasteiger charge is -2.48. The molecule has 0 radical (unpaired) electrons. The Kier molecular flexibility index (Phi) is 11.5. The number of nitriles is 1. The number of amides is 1. The molecule has 1 amide bonds. The molecule has 1 unspecified atom stereocenters. The molecular weight excluding hydrogens is 496 g/mol. The molecule has 0 spiro atoms. The summed E-state index contributed by atoms with van der Waals surface area (Å²) in [7, 11) is 0. The first-order chi connectivity index (χ1) is 18.3. The molecule has 7 atom stereocenters. The Balaban J connectivity index is 1.84. The van der Waals surface area contributed by atoms with Crippen LogP contribution in [0.4, 0.5) is 0 Å². The molecule has 11 heteroatoms. The highest BCUT2D eigenvalue weighted by atomic mass is 16.8. The quantitative estimate of drug-likeness (QED) is 0.315. The molecular formula is C27H36N2O9. The Morgan fingerprint density at radius 1 is 1.13 bits per heavy atom. The number of carbonyl (C=O) groups is 3. The number of ether oxygens (including phenoxy) is 6. The molecule has 38 heavy (non-hydrogen) atoms. The Hall–Kier alpha value is -3.04. The summed E-state index contributed by atoms with van der Waals surface area (Å²) in [4.78, 5) is 36.5. The van der Waals surface area contributed by atoms with Gasteiger partial charge < -0.3 is 33.7 Å². The highest BCUT2D eigenvalue weighted by molar-refractivity contribution is 5.76. The Labute approximate surface area is 222 Å². The van der Waals surface area contributed by atoms with E-state index in [4.69, 9.17) is 33.7 Å². The van der Waals surface area contributed by atoms with E-state index in [9.17, 15) is 14.4 Å². The fourth-order valence-electron chi connectivity index (χ4n) is 4.45. The number of hydrogen-bond acceptors (Lipinski definition) is 10. The molecule has 0 bridgehead atoms. The van der Waals surface area contributed by atoms with Gasteiger partial charge in [-0.1, -0.05) is 50.1 Å². The summed E-state index contributed by atoms with van der Waals surface area (Å²) in [6, 6.07) is 10.3. The molecule has 2 aliphatic heterocycles. The second kappa shape index (κ2) is 14.8. The molecule has 11 nitrogen and oxygen atoms in total. The van der Waals surface area contributed by atoms with Crippen molar-refractivity contribution in [2.24, 2.45) is 0 Å². The average molecular weight is 533 g/mol. The van der Waals surface area contributed by atoms with Crippen LogP contribution in [0.25, 0.3) is 0 Å². The highest BCUT2D eigenvalue weighted by Gasteiger charge is 2.52. The smallest absolute Gasteiger partial charge is 0.303 e. The second-order valence-corrected chi connectivity index (χ2v) is 9.27. The van der Waals surface area contributed by atoms with Crippen molar-refractivity contribution in [1.29, 1.82) is 5.26 Å². The molecule has 0 saturated carbocycles. The van der Waals surface area contributed by atoms with Gasteiger partial charge in [-0.15, -0.1) is 0 Å². The third kappa shape index (κ3) is 8.49. The molecule has 1 aromatic carbocycles. The number of nitrogens with zero attached hydrogens (tertiary/aromatic N) is 1. The predicted octanol–water partition coefficient (Wildman–Crippen LogP) is 2.68. The van der Waals surface area contributed by atoms with Gasteiger partial charge in [0.25, 0.3) is 0 Å². The summed E-state index contributed by atoms with van der Waals surface area (Å²) in [6.45, 7) is 4.50. The molecule has 2 fully saturated rings. The third-order valence-corrected chi connectivity index (χ3v) is 6.15. The zero-order valence-corrected chi connectivity index (χ0v) is 22.0. The number of unbranched alkanes of at least 4 members (excludes halogenated alkanes) is 2. The Morgan fingerprint density at radius 3 is 2.55 bits per heavy atom. The Morgan fingerprint density at radius 2 is 1.89 bits per heavy atom. The van der Waals surface area contributed by atoms with Crippen molar-refractivity contribution in [2.45, 2.75) is 95.9 Å². The summed E-state index contributed by atoms with van der Waals surface area (Å²) >= 11 is 0. The van der Waals surface area contributed by atoms with E-state index in [1.165, 1.54) is 13.8 Å². The number of esters is 2. The highest BCUT2D eigenvalue weighted by Crippen LogP contribution is 2.36. The van der Waals surface area contributed by atoms with Crippen LogP contribution in [0.15, 0.2) is 30.3 Å². The van der Waals surface area contributed by atoms with Crippen molar-refractivity contribution in [2.75, 3.05) is 13.2 Å². The first-order valence-corrected chi connectivity index (χ1v) is 12.9. The van der Waals surface area contributed by atoms with Gasteiger partial charge in [-0.25, -0.2) is 0 Å². The van der Waals surface area contributed by atoms with Gasteiger partial charge in [0.15, 0.2) is 18.7 Å². The largest absolute Gasteiger partial charge is 0.459 e. The van der Waals surface area contributed by atoms with Crippen LogP contribution in [-0.4, -0.2) is 67.8 Å². The van der Waals surface area contributed by atoms with Gasteiger partial charge in [-0.05, 0) is 6.42 Å². The molecule has 208 valence electrons. The molecule has 2 aliphatic rings. The van der Waals surface area contributed by atoms with Gasteiger partial charge in [0.2, 0.25) is 5.91 Å². The first kappa shape index (κ1) is 29.5. The van der Waals surface area contributed by atoms with E-state index in [0.29, 0.717) is 6.42 Å². The lowest BCUT2D eigenvalue weighted by atomic mass is 9.95. The van der Waals surface area contributed by atoms with Crippen LogP contribution in [0.3, 0.4) is 0 Å². The maximum atomic E-state index is 12.9. The fraction of sp³-hybridized carbons (Fsp3) is 0.630. The maximum absolute atomic E-state index is 12.9. The molecule has 0 aromatic heterocycles. The topological polar surface area (TPSA) is 142 Å². The van der Waals surface area contributed by atoms with E-state index in [1.807, 2.05) is 43.3 Å². The lowest BCUT2D eigenvalue weighted by Crippen LogP contribution is -2.67. The molecule has 1 N–H and O–H groups in total. The van der Waals surface area contributed by atoms with Crippen molar-refractivity contribution in [3.8, 4) is 6.07 Å². The van der Waals surface area contributed by atoms with Gasteiger partial charge in [0.05, 0.1) is 25.7 Å². The van der Waals surface area contributed by atoms with Crippen LogP contribution in [0.5, 0.6) is 0 Å². The number of nitrogens with one attached hydrogen (secondary N) is 1. The van der Waals surface area contributed by atoms with Crippen LogP contribution in [0, 0.1) is 11.3 Å². The fourth-order valence-corrected chi connectivity index (χ4v) is 4.45. The van der Waals surface area contributed by atoms with E-state index in [2.05, 4.69) is 5.32 Å². The van der Waals surface area contributed by atoms with Crippen molar-refractivity contribution in [3.05, 3.63) is 35.9 Å². The normalized spacial score (nSPS) is 27.3. The van der Waals surface area contributed by atoms with Gasteiger partial charge in [0.1, 0.15) is 24.4 Å². The maximum Gasteiger partial charge on any atom is 0.303 e. The monoisotopic (exact) mass is 532 g/mol. The number of hydrogen-bond donors (Lipinski definition) is 1. The lowest BCUT2D eigenvalue weighted by molar-refractivity contribution is -0.346. The molecule has 3 rings (SSSR count). The van der Waals surface area contributed by atoms with Crippen molar-refractivity contribution >= 4 is 17.8 Å². The van der Waals surface area contributed by atoms with Crippen molar-refractivity contribution < 1.29 is 42.8 Å². The zero-order valence-electron chi connectivity index (χ0n) is 22.0. The predicted molar refractivity (Wildman–Crippen MR) is 132 cm³/mol. The number of benzene rings is 1. The van der Waals surface area contributed by atoms with Crippen molar-refractivity contribution in [3.63, 3.8) is 0 Å². The van der Waals surface area contributed by atoms with Crippen LogP contribution in [0.1, 0.15) is 64.7 Å². The number of rotatable bonds is 12. The minimum Gasteiger partial charge on any atom is -0.459 e. The average Bonchev–Trinajstić information content (AvgIpc) is 2.89. The standard InChI is InChI=1S/C27H36N2O9/c1-4-5-7-12-22(32)29-23-25(36-18(3)31)24-21(16-34-26(38-24)19-10-8-6-9-11-19)37-27(23)33-15-20(13-14-28)35-17(2)30/h6,8-11,20-21,23-27H,4-5,7,12-13,15-16H2,1-3H3,(H,29,32)/t20-,21-,23-,24-,25-,26?,27-/m1/s1. The Bertz CT molecular complexity index is 967. The zero-order chi connectivity index (χ0) is 27.5. The van der Waals surface area contributed by atoms with E-state index in [-0.39, 0.29) is 32.0 Å². The SMILES string of the molecule is CCCCCC(=O)N[C@H]1[C@H](OC[C@@H](CC#N)OC(C)=O)O[C@@H]2COC(c3ccccc3)O[C@H]2[C@@H]1OC(C)=O. The van der Waals surface area contributed by atoms with E-state index in [1.54, 1.807) is 0 Å². The van der Waals surface area contributed by atoms with Gasteiger partial charge in [0, 0.05) is 25.8 Å². The number of carbonyl (C=O) groups excluding carboxylic acids is 3. The molecule has 2 heterocycles. The van der Waals surface area contributed by atoms with Gasteiger partial charge in [-0.3, -0.25) is 14.4 Å². The van der Waals surface area contributed by atoms with E-state index >= 15 is 0 Å². The first-order valence-electron chi connectivity index (χ1n) is 12.9.